The third kappa shape index (κ3) is 1.57. The van der Waals surface area contributed by atoms with Crippen molar-refractivity contribution in [1.29, 1.82) is 0 Å². The minimum Gasteiger partial charge on any atom is -0.504 e. The van der Waals surface area contributed by atoms with Crippen molar-refractivity contribution in [3.63, 3.8) is 0 Å². The monoisotopic (exact) mass is 232 g/mol. The normalized spacial score (nSPS) is 10.4. The molecule has 3 N–H and O–H groups in total. The zero-order valence-corrected chi connectivity index (χ0v) is 8.54. The second-order valence-corrected chi connectivity index (χ2v) is 3.49. The molecule has 5 heteroatoms. The van der Waals surface area contributed by atoms with E-state index in [1.165, 1.54) is 18.2 Å². The first kappa shape index (κ1) is 10.9. The number of carbonyl (C=O) groups excluding carboxylic acids is 1. The van der Waals surface area contributed by atoms with E-state index in [2.05, 4.69) is 0 Å². The van der Waals surface area contributed by atoms with Gasteiger partial charge >= 0.3 is 0 Å². The van der Waals surface area contributed by atoms with Gasteiger partial charge in [-0.3, -0.25) is 9.59 Å². The van der Waals surface area contributed by atoms with Gasteiger partial charge in [0.25, 0.3) is 0 Å². The molecular weight excluding hydrogens is 224 g/mol. The molecule has 0 fully saturated rings. The van der Waals surface area contributed by atoms with E-state index < -0.39 is 22.7 Å². The van der Waals surface area contributed by atoms with Crippen LogP contribution in [0.4, 0.5) is 0 Å². The van der Waals surface area contributed by atoms with Gasteiger partial charge in [-0.15, -0.1) is 0 Å². The molecule has 0 aromatic heterocycles. The van der Waals surface area contributed by atoms with Crippen molar-refractivity contribution in [2.45, 2.75) is 0 Å². The van der Waals surface area contributed by atoms with Gasteiger partial charge in [0, 0.05) is 0 Å². The summed E-state index contributed by atoms with van der Waals surface area (Å²) in [6.45, 7) is 0. The van der Waals surface area contributed by atoms with Crippen LogP contribution in [-0.2, 0) is 0 Å². The smallest absolute Gasteiger partial charge is 0.201 e. The SMILES string of the molecule is O=Cc1cccc2cc(O)c(O)c(O)c2c1=O. The molecule has 0 aliphatic rings. The summed E-state index contributed by atoms with van der Waals surface area (Å²) in [6, 6.07) is 5.33. The highest BCUT2D eigenvalue weighted by Crippen LogP contribution is 2.39. The molecule has 0 aliphatic carbocycles. The van der Waals surface area contributed by atoms with E-state index in [0.29, 0.717) is 6.29 Å². The third-order valence-corrected chi connectivity index (χ3v) is 2.45. The third-order valence-electron chi connectivity index (χ3n) is 2.45. The first-order valence-corrected chi connectivity index (χ1v) is 4.72. The Labute approximate surface area is 95.2 Å². The van der Waals surface area contributed by atoms with Crippen LogP contribution in [0.3, 0.4) is 0 Å². The number of phenols is 3. The Morgan fingerprint density at radius 1 is 1.06 bits per heavy atom. The first-order chi connectivity index (χ1) is 8.06. The second kappa shape index (κ2) is 3.79. The van der Waals surface area contributed by atoms with Crippen LogP contribution in [0.1, 0.15) is 10.4 Å². The number of hydrogen-bond acceptors (Lipinski definition) is 5. The molecular formula is C12H8O5. The predicted octanol–water partition coefficient (Wildman–Crippen LogP) is 1.13. The summed E-state index contributed by atoms with van der Waals surface area (Å²) in [5, 5.41) is 28.3. The summed E-state index contributed by atoms with van der Waals surface area (Å²) in [4.78, 5) is 22.5. The minimum absolute atomic E-state index is 0.139. The second-order valence-electron chi connectivity index (χ2n) is 3.49. The largest absolute Gasteiger partial charge is 0.504 e. The molecule has 0 atom stereocenters. The van der Waals surface area contributed by atoms with E-state index >= 15 is 0 Å². The predicted molar refractivity (Wildman–Crippen MR) is 60.6 cm³/mol. The molecule has 2 aromatic rings. The fourth-order valence-electron chi connectivity index (χ4n) is 1.60. The average molecular weight is 232 g/mol. The minimum atomic E-state index is -0.780. The number of hydrogen-bond donors (Lipinski definition) is 3. The number of benzene rings is 1. The van der Waals surface area contributed by atoms with Crippen molar-refractivity contribution in [3.8, 4) is 17.2 Å². The van der Waals surface area contributed by atoms with Crippen molar-refractivity contribution in [1.82, 2.24) is 0 Å². The Kier molecular flexibility index (Phi) is 2.44. The lowest BCUT2D eigenvalue weighted by molar-refractivity contribution is 0.112. The molecule has 0 unspecified atom stereocenters. The van der Waals surface area contributed by atoms with E-state index in [0.717, 1.165) is 6.07 Å². The zero-order valence-electron chi connectivity index (χ0n) is 8.54. The number of aromatic hydroxyl groups is 3. The van der Waals surface area contributed by atoms with E-state index in [9.17, 15) is 24.9 Å². The van der Waals surface area contributed by atoms with Crippen LogP contribution in [0, 0.1) is 0 Å². The van der Waals surface area contributed by atoms with Crippen LogP contribution in [-0.4, -0.2) is 21.6 Å². The molecule has 0 saturated carbocycles. The molecule has 0 heterocycles. The highest BCUT2D eigenvalue weighted by Gasteiger charge is 2.14. The Balaban J connectivity index is 3.12. The number of fused-ring (bicyclic) bond motifs is 1. The maximum atomic E-state index is 11.9. The molecule has 0 bridgehead atoms. The van der Waals surface area contributed by atoms with Crippen molar-refractivity contribution in [3.05, 3.63) is 40.1 Å². The van der Waals surface area contributed by atoms with Gasteiger partial charge in [0.15, 0.2) is 17.8 Å². The topological polar surface area (TPSA) is 94.8 Å². The Hall–Kier alpha value is -2.56. The summed E-state index contributed by atoms with van der Waals surface area (Å²) in [7, 11) is 0. The van der Waals surface area contributed by atoms with Gasteiger partial charge in [-0.2, -0.15) is 0 Å². The van der Waals surface area contributed by atoms with Crippen molar-refractivity contribution in [2.75, 3.05) is 0 Å². The Morgan fingerprint density at radius 2 is 1.76 bits per heavy atom. The highest BCUT2D eigenvalue weighted by molar-refractivity contribution is 5.94. The summed E-state index contributed by atoms with van der Waals surface area (Å²) in [5.74, 6) is -2.05. The molecule has 0 aliphatic heterocycles. The van der Waals surface area contributed by atoms with Gasteiger partial charge in [-0.1, -0.05) is 12.1 Å². The lowest BCUT2D eigenvalue weighted by Gasteiger charge is -2.02. The van der Waals surface area contributed by atoms with Gasteiger partial charge in [0.2, 0.25) is 11.2 Å². The summed E-state index contributed by atoms with van der Waals surface area (Å²) >= 11 is 0. The Bertz CT molecular complexity index is 676. The van der Waals surface area contributed by atoms with Crippen molar-refractivity contribution >= 4 is 17.1 Å². The standard InChI is InChI=1S/C12H8O5/c13-5-7-3-1-2-6-4-8(14)11(16)12(17)9(6)10(7)15/h1-5,14,16-17H. The molecule has 2 rings (SSSR count). The summed E-state index contributed by atoms with van der Waals surface area (Å²) in [5.41, 5.74) is -0.840. The van der Waals surface area contributed by atoms with Crippen LogP contribution >= 0.6 is 0 Å². The molecule has 86 valence electrons. The van der Waals surface area contributed by atoms with Gasteiger partial charge < -0.3 is 15.3 Å². The van der Waals surface area contributed by atoms with Crippen LogP contribution in [0.25, 0.3) is 10.8 Å². The molecule has 5 nitrogen and oxygen atoms in total. The molecule has 0 saturated heterocycles. The first-order valence-electron chi connectivity index (χ1n) is 4.72. The maximum absolute atomic E-state index is 11.9. The molecule has 0 spiro atoms. The fourth-order valence-corrected chi connectivity index (χ4v) is 1.60. The average Bonchev–Trinajstić information content (AvgIpc) is 2.45. The van der Waals surface area contributed by atoms with E-state index in [1.54, 1.807) is 0 Å². The lowest BCUT2D eigenvalue weighted by atomic mass is 10.1. The molecule has 17 heavy (non-hydrogen) atoms. The quantitative estimate of drug-likeness (QED) is 0.506. The van der Waals surface area contributed by atoms with Crippen molar-refractivity contribution < 1.29 is 20.1 Å². The van der Waals surface area contributed by atoms with Gasteiger partial charge in [0.05, 0.1) is 10.9 Å². The van der Waals surface area contributed by atoms with E-state index in [4.69, 9.17) is 0 Å². The number of aldehydes is 1. The number of phenolic OH excluding ortho intramolecular Hbond substituents is 3. The van der Waals surface area contributed by atoms with Crippen LogP contribution < -0.4 is 5.43 Å². The van der Waals surface area contributed by atoms with Gasteiger partial charge in [0.1, 0.15) is 0 Å². The number of carbonyl (C=O) groups is 1. The van der Waals surface area contributed by atoms with Gasteiger partial charge in [-0.25, -0.2) is 0 Å². The van der Waals surface area contributed by atoms with E-state index in [1.807, 2.05) is 0 Å². The van der Waals surface area contributed by atoms with Crippen molar-refractivity contribution in [2.24, 2.45) is 0 Å². The van der Waals surface area contributed by atoms with Crippen LogP contribution in [0.2, 0.25) is 0 Å². The zero-order chi connectivity index (χ0) is 12.6. The van der Waals surface area contributed by atoms with E-state index in [-0.39, 0.29) is 16.3 Å². The lowest BCUT2D eigenvalue weighted by Crippen LogP contribution is -2.04. The van der Waals surface area contributed by atoms with Crippen LogP contribution in [0.15, 0.2) is 29.1 Å². The van der Waals surface area contributed by atoms with Crippen LogP contribution in [0.5, 0.6) is 17.2 Å². The summed E-state index contributed by atoms with van der Waals surface area (Å²) < 4.78 is 0. The molecule has 0 amide bonds. The van der Waals surface area contributed by atoms with Gasteiger partial charge in [-0.05, 0) is 17.5 Å². The highest BCUT2D eigenvalue weighted by atomic mass is 16.3. The number of rotatable bonds is 1. The molecule has 0 radical (unpaired) electrons. The summed E-state index contributed by atoms with van der Waals surface area (Å²) in [6.07, 6.45) is 0.366. The Morgan fingerprint density at radius 3 is 2.41 bits per heavy atom. The molecule has 2 aromatic carbocycles. The fraction of sp³-hybridized carbons (Fsp3) is 0. The maximum Gasteiger partial charge on any atom is 0.201 e.